The van der Waals surface area contributed by atoms with Crippen molar-refractivity contribution in [1.82, 2.24) is 9.80 Å². The third kappa shape index (κ3) is 6.23. The van der Waals surface area contributed by atoms with Gasteiger partial charge < -0.3 is 29.1 Å². The average molecular weight is 531 g/mol. The molecule has 1 heterocycles. The minimum Gasteiger partial charge on any atom is -0.507 e. The lowest BCUT2D eigenvalue weighted by Gasteiger charge is -2.26. The molecule has 0 aromatic heterocycles. The summed E-state index contributed by atoms with van der Waals surface area (Å²) in [7, 11) is 6.97. The number of carbonyl (C=O) groups excluding carboxylic acids is 2. The summed E-state index contributed by atoms with van der Waals surface area (Å²) in [5.74, 6) is -0.112. The number of rotatable bonds is 11. The Hall–Kier alpha value is -4.30. The molecule has 3 aromatic carbocycles. The fourth-order valence-electron chi connectivity index (χ4n) is 4.65. The molecule has 1 aliphatic heterocycles. The molecular weight excluding hydrogens is 496 g/mol. The number of ether oxygens (including phenoxy) is 3. The van der Waals surface area contributed by atoms with E-state index in [1.54, 1.807) is 49.6 Å². The number of amides is 1. The SMILES string of the molecule is COc1cccc(C(O)=C2C(=O)C(=O)N(CCCN(C)C)C2c2ccc(OCc3ccccc3)c(OC)c2)c1. The van der Waals surface area contributed by atoms with Gasteiger partial charge in [-0.05, 0) is 62.5 Å². The van der Waals surface area contributed by atoms with Gasteiger partial charge in [-0.15, -0.1) is 0 Å². The molecule has 8 heteroatoms. The van der Waals surface area contributed by atoms with Crippen LogP contribution in [0.15, 0.2) is 78.4 Å². The molecule has 1 amide bonds. The summed E-state index contributed by atoms with van der Waals surface area (Å²) in [6.07, 6.45) is 0.658. The van der Waals surface area contributed by atoms with Crippen LogP contribution in [-0.4, -0.2) is 68.0 Å². The van der Waals surface area contributed by atoms with Crippen molar-refractivity contribution in [2.24, 2.45) is 0 Å². The van der Waals surface area contributed by atoms with Crippen LogP contribution in [0.2, 0.25) is 0 Å². The summed E-state index contributed by atoms with van der Waals surface area (Å²) in [6.45, 7) is 1.44. The molecule has 0 saturated carbocycles. The molecule has 1 unspecified atom stereocenters. The molecule has 204 valence electrons. The number of benzene rings is 3. The molecule has 39 heavy (non-hydrogen) atoms. The molecule has 1 atom stereocenters. The second kappa shape index (κ2) is 12.5. The van der Waals surface area contributed by atoms with Crippen molar-refractivity contribution in [2.75, 3.05) is 41.4 Å². The second-order valence-electron chi connectivity index (χ2n) is 9.57. The zero-order valence-corrected chi connectivity index (χ0v) is 22.7. The normalized spacial score (nSPS) is 16.5. The predicted octanol–water partition coefficient (Wildman–Crippen LogP) is 4.66. The Morgan fingerprint density at radius 3 is 2.38 bits per heavy atom. The number of likely N-dealkylation sites (tertiary alicyclic amines) is 1. The van der Waals surface area contributed by atoms with Gasteiger partial charge in [0, 0.05) is 12.1 Å². The van der Waals surface area contributed by atoms with Crippen LogP contribution in [0.3, 0.4) is 0 Å². The van der Waals surface area contributed by atoms with Crippen LogP contribution < -0.4 is 14.2 Å². The summed E-state index contributed by atoms with van der Waals surface area (Å²) in [4.78, 5) is 30.1. The van der Waals surface area contributed by atoms with Gasteiger partial charge in [0.15, 0.2) is 11.5 Å². The lowest BCUT2D eigenvalue weighted by molar-refractivity contribution is -0.139. The van der Waals surface area contributed by atoms with Crippen LogP contribution in [0.1, 0.15) is 29.2 Å². The van der Waals surface area contributed by atoms with Crippen LogP contribution >= 0.6 is 0 Å². The topological polar surface area (TPSA) is 88.5 Å². The van der Waals surface area contributed by atoms with Crippen LogP contribution in [-0.2, 0) is 16.2 Å². The standard InChI is InChI=1S/C31H34N2O6/c1-32(2)16-9-17-33-28(27(30(35)31(33)36)29(34)23-12-8-13-24(18-23)37-3)22-14-15-25(26(19-22)38-4)39-20-21-10-6-5-7-11-21/h5-8,10-15,18-19,28,34H,9,16-17,20H2,1-4H3. The van der Waals surface area contributed by atoms with Crippen molar-refractivity contribution in [1.29, 1.82) is 0 Å². The number of aliphatic hydroxyl groups is 1. The first-order valence-corrected chi connectivity index (χ1v) is 12.8. The van der Waals surface area contributed by atoms with Gasteiger partial charge in [0.25, 0.3) is 11.7 Å². The highest BCUT2D eigenvalue weighted by molar-refractivity contribution is 6.46. The Morgan fingerprint density at radius 2 is 1.69 bits per heavy atom. The summed E-state index contributed by atoms with van der Waals surface area (Å²) in [6, 6.07) is 21.1. The van der Waals surface area contributed by atoms with Gasteiger partial charge in [0.2, 0.25) is 0 Å². The summed E-state index contributed by atoms with van der Waals surface area (Å²) >= 11 is 0. The van der Waals surface area contributed by atoms with E-state index in [1.165, 1.54) is 12.0 Å². The van der Waals surface area contributed by atoms with Gasteiger partial charge >= 0.3 is 0 Å². The smallest absolute Gasteiger partial charge is 0.295 e. The lowest BCUT2D eigenvalue weighted by atomic mass is 9.95. The maximum atomic E-state index is 13.3. The van der Waals surface area contributed by atoms with Crippen molar-refractivity contribution in [3.63, 3.8) is 0 Å². The zero-order chi connectivity index (χ0) is 27.9. The summed E-state index contributed by atoms with van der Waals surface area (Å²) in [5, 5.41) is 11.3. The number of nitrogens with zero attached hydrogens (tertiary/aromatic N) is 2. The molecule has 3 aromatic rings. The maximum absolute atomic E-state index is 13.3. The number of aliphatic hydroxyl groups excluding tert-OH is 1. The van der Waals surface area contributed by atoms with Crippen molar-refractivity contribution in [3.8, 4) is 17.2 Å². The molecule has 1 aliphatic rings. The van der Waals surface area contributed by atoms with Gasteiger partial charge in [-0.2, -0.15) is 0 Å². The summed E-state index contributed by atoms with van der Waals surface area (Å²) in [5.41, 5.74) is 2.06. The zero-order valence-electron chi connectivity index (χ0n) is 22.7. The fourth-order valence-corrected chi connectivity index (χ4v) is 4.65. The largest absolute Gasteiger partial charge is 0.507 e. The van der Waals surface area contributed by atoms with E-state index < -0.39 is 17.7 Å². The van der Waals surface area contributed by atoms with E-state index in [2.05, 4.69) is 0 Å². The Bertz CT molecular complexity index is 1350. The molecule has 0 bridgehead atoms. The molecule has 4 rings (SSSR count). The third-order valence-corrected chi connectivity index (χ3v) is 6.63. The highest BCUT2D eigenvalue weighted by Crippen LogP contribution is 2.42. The van der Waals surface area contributed by atoms with Crippen molar-refractivity contribution >= 4 is 17.4 Å². The van der Waals surface area contributed by atoms with Crippen molar-refractivity contribution in [2.45, 2.75) is 19.1 Å². The van der Waals surface area contributed by atoms with Crippen LogP contribution in [0, 0.1) is 0 Å². The highest BCUT2D eigenvalue weighted by atomic mass is 16.5. The molecule has 1 saturated heterocycles. The first-order valence-electron chi connectivity index (χ1n) is 12.8. The average Bonchev–Trinajstić information content (AvgIpc) is 3.21. The monoisotopic (exact) mass is 530 g/mol. The highest BCUT2D eigenvalue weighted by Gasteiger charge is 2.46. The van der Waals surface area contributed by atoms with Crippen LogP contribution in [0.25, 0.3) is 5.76 Å². The Labute approximate surface area is 229 Å². The number of Topliss-reactive ketones (excluding diaryl/α,β-unsaturated/α-hetero) is 1. The molecule has 0 radical (unpaired) electrons. The van der Waals surface area contributed by atoms with E-state index in [0.29, 0.717) is 47.9 Å². The lowest BCUT2D eigenvalue weighted by Crippen LogP contribution is -2.32. The van der Waals surface area contributed by atoms with Gasteiger partial charge in [0.1, 0.15) is 18.1 Å². The van der Waals surface area contributed by atoms with E-state index in [9.17, 15) is 14.7 Å². The van der Waals surface area contributed by atoms with E-state index in [1.807, 2.05) is 49.3 Å². The van der Waals surface area contributed by atoms with E-state index in [4.69, 9.17) is 14.2 Å². The van der Waals surface area contributed by atoms with Gasteiger partial charge in [-0.1, -0.05) is 48.5 Å². The van der Waals surface area contributed by atoms with E-state index in [0.717, 1.165) is 12.1 Å². The van der Waals surface area contributed by atoms with Crippen LogP contribution in [0.5, 0.6) is 17.2 Å². The quantitative estimate of drug-likeness (QED) is 0.219. The fraction of sp³-hybridized carbons (Fsp3) is 0.290. The molecule has 0 aliphatic carbocycles. The number of carbonyl (C=O) groups is 2. The second-order valence-corrected chi connectivity index (χ2v) is 9.57. The number of hydrogen-bond donors (Lipinski definition) is 1. The van der Waals surface area contributed by atoms with E-state index >= 15 is 0 Å². The Balaban J connectivity index is 1.75. The number of ketones is 1. The first-order chi connectivity index (χ1) is 18.8. The number of hydrogen-bond acceptors (Lipinski definition) is 7. The number of methoxy groups -OCH3 is 2. The minimum absolute atomic E-state index is 0.0260. The van der Waals surface area contributed by atoms with Gasteiger partial charge in [-0.3, -0.25) is 9.59 Å². The van der Waals surface area contributed by atoms with Crippen LogP contribution in [0.4, 0.5) is 0 Å². The minimum atomic E-state index is -0.796. The van der Waals surface area contributed by atoms with Crippen molar-refractivity contribution < 1.29 is 28.9 Å². The third-order valence-electron chi connectivity index (χ3n) is 6.63. The van der Waals surface area contributed by atoms with Gasteiger partial charge in [0.05, 0.1) is 25.8 Å². The molecular formula is C31H34N2O6. The molecule has 8 nitrogen and oxygen atoms in total. The molecule has 1 fully saturated rings. The molecule has 1 N–H and O–H groups in total. The Morgan fingerprint density at radius 1 is 0.923 bits per heavy atom. The Kier molecular flexibility index (Phi) is 8.88. The predicted molar refractivity (Wildman–Crippen MR) is 149 cm³/mol. The first kappa shape index (κ1) is 27.7. The van der Waals surface area contributed by atoms with Gasteiger partial charge in [-0.25, -0.2) is 0 Å². The van der Waals surface area contributed by atoms with Crippen molar-refractivity contribution in [3.05, 3.63) is 95.1 Å². The van der Waals surface area contributed by atoms with E-state index in [-0.39, 0.29) is 11.3 Å². The molecule has 0 spiro atoms. The summed E-state index contributed by atoms with van der Waals surface area (Å²) < 4.78 is 16.9. The maximum Gasteiger partial charge on any atom is 0.295 e.